The number of aromatic amines is 1. The lowest BCUT2D eigenvalue weighted by atomic mass is 10.0. The molecular formula is C23H24N10O. The van der Waals surface area contributed by atoms with E-state index in [9.17, 15) is 4.79 Å². The third-order valence-corrected chi connectivity index (χ3v) is 5.69. The summed E-state index contributed by atoms with van der Waals surface area (Å²) < 4.78 is 5.17. The number of rotatable bonds is 8. The van der Waals surface area contributed by atoms with Crippen molar-refractivity contribution in [2.24, 2.45) is 0 Å². The number of tetrazole rings is 1. The third-order valence-electron chi connectivity index (χ3n) is 5.69. The fourth-order valence-corrected chi connectivity index (χ4v) is 4.00. The van der Waals surface area contributed by atoms with Crippen molar-refractivity contribution in [2.45, 2.75) is 39.8 Å². The second-order valence-corrected chi connectivity index (χ2v) is 7.85. The first-order chi connectivity index (χ1) is 16.7. The second-order valence-electron chi connectivity index (χ2n) is 7.85. The number of benzene rings is 1. The molecule has 0 unspecified atom stereocenters. The van der Waals surface area contributed by atoms with Gasteiger partial charge in [0.2, 0.25) is 11.8 Å². The fraction of sp³-hybridized carbons (Fsp3) is 0.261. The molecule has 0 atom stereocenters. The number of aryl methyl sites for hydroxylation is 2. The lowest BCUT2D eigenvalue weighted by Gasteiger charge is -2.09. The van der Waals surface area contributed by atoms with Crippen molar-refractivity contribution < 1.29 is 0 Å². The van der Waals surface area contributed by atoms with Crippen LogP contribution >= 0.6 is 0 Å². The number of hydrogen-bond donors (Lipinski definition) is 1. The topological polar surface area (TPSA) is 125 Å². The number of nitrogens with zero attached hydrogens (tertiary/aromatic N) is 9. The summed E-state index contributed by atoms with van der Waals surface area (Å²) in [5.41, 5.74) is 4.32. The van der Waals surface area contributed by atoms with Crippen LogP contribution in [-0.2, 0) is 19.5 Å². The largest absolute Gasteiger partial charge is 0.335 e. The van der Waals surface area contributed by atoms with Crippen LogP contribution in [0.4, 0.5) is 0 Å². The molecule has 4 heterocycles. The Kier molecular flexibility index (Phi) is 5.81. The molecular weight excluding hydrogens is 432 g/mol. The van der Waals surface area contributed by atoms with Gasteiger partial charge in [0.15, 0.2) is 0 Å². The Morgan fingerprint density at radius 2 is 1.88 bits per heavy atom. The van der Waals surface area contributed by atoms with E-state index in [2.05, 4.69) is 42.7 Å². The van der Waals surface area contributed by atoms with Gasteiger partial charge in [-0.1, -0.05) is 43.7 Å². The second kappa shape index (κ2) is 9.22. The summed E-state index contributed by atoms with van der Waals surface area (Å²) >= 11 is 0. The minimum atomic E-state index is -0.153. The predicted octanol–water partition coefficient (Wildman–Crippen LogP) is 2.49. The summed E-state index contributed by atoms with van der Waals surface area (Å²) in [7, 11) is 0. The first kappa shape index (κ1) is 21.4. The van der Waals surface area contributed by atoms with Gasteiger partial charge in [0.1, 0.15) is 6.33 Å². The fourth-order valence-electron chi connectivity index (χ4n) is 4.00. The molecule has 0 saturated heterocycles. The number of hydrogen-bond acceptors (Lipinski definition) is 7. The zero-order chi connectivity index (χ0) is 23.5. The first-order valence-electron chi connectivity index (χ1n) is 11.2. The summed E-state index contributed by atoms with van der Waals surface area (Å²) in [6.07, 6.45) is 6.99. The summed E-state index contributed by atoms with van der Waals surface area (Å²) in [5, 5.41) is 22.5. The molecule has 0 bridgehead atoms. The molecule has 0 fully saturated rings. The van der Waals surface area contributed by atoms with E-state index >= 15 is 0 Å². The standard InChI is InChI=1S/C23H24N10O/c1-3-7-18-14-33(22-28-25-15-31(22)4-2)23(34)32(18)13-17-11-10-16(12-24-17)19-8-5-6-9-20(19)21-26-29-30-27-21/h5-6,8-12,14-15H,3-4,7,13H2,1-2H3,(H,26,27,29,30). The molecule has 0 spiro atoms. The Balaban J connectivity index is 1.47. The zero-order valence-electron chi connectivity index (χ0n) is 19.0. The van der Waals surface area contributed by atoms with Gasteiger partial charge in [0, 0.05) is 35.8 Å². The van der Waals surface area contributed by atoms with E-state index in [-0.39, 0.29) is 5.69 Å². The quantitative estimate of drug-likeness (QED) is 0.380. The molecule has 0 aliphatic heterocycles. The van der Waals surface area contributed by atoms with Crippen LogP contribution in [0, 0.1) is 0 Å². The summed E-state index contributed by atoms with van der Waals surface area (Å²) in [6.45, 7) is 5.13. The molecule has 4 aromatic heterocycles. The maximum absolute atomic E-state index is 13.3. The predicted molar refractivity (Wildman–Crippen MR) is 125 cm³/mol. The smallest absolute Gasteiger partial charge is 0.299 e. The number of H-pyrrole nitrogens is 1. The third kappa shape index (κ3) is 3.91. The molecule has 0 amide bonds. The van der Waals surface area contributed by atoms with Crippen molar-refractivity contribution in [3.8, 4) is 28.5 Å². The van der Waals surface area contributed by atoms with Crippen LogP contribution in [0.2, 0.25) is 0 Å². The molecule has 1 N–H and O–H groups in total. The van der Waals surface area contributed by atoms with E-state index in [1.54, 1.807) is 15.5 Å². The van der Waals surface area contributed by atoms with E-state index in [1.165, 1.54) is 0 Å². The average molecular weight is 457 g/mol. The van der Waals surface area contributed by atoms with Crippen molar-refractivity contribution in [3.63, 3.8) is 0 Å². The molecule has 0 radical (unpaired) electrons. The highest BCUT2D eigenvalue weighted by molar-refractivity contribution is 5.79. The molecule has 5 rings (SSSR count). The summed E-state index contributed by atoms with van der Waals surface area (Å²) in [6, 6.07) is 11.8. The Morgan fingerprint density at radius 1 is 1.03 bits per heavy atom. The van der Waals surface area contributed by atoms with Crippen molar-refractivity contribution in [2.75, 3.05) is 0 Å². The number of aromatic nitrogens is 10. The lowest BCUT2D eigenvalue weighted by molar-refractivity contribution is 0.662. The van der Waals surface area contributed by atoms with Gasteiger partial charge in [0.25, 0.3) is 0 Å². The van der Waals surface area contributed by atoms with Gasteiger partial charge < -0.3 is 0 Å². The number of nitrogens with one attached hydrogen (secondary N) is 1. The molecule has 172 valence electrons. The van der Waals surface area contributed by atoms with Gasteiger partial charge in [-0.25, -0.2) is 9.36 Å². The molecule has 1 aromatic carbocycles. The molecule has 34 heavy (non-hydrogen) atoms. The van der Waals surface area contributed by atoms with Crippen molar-refractivity contribution in [3.05, 3.63) is 77.0 Å². The molecule has 5 aromatic rings. The highest BCUT2D eigenvalue weighted by Crippen LogP contribution is 2.29. The zero-order valence-corrected chi connectivity index (χ0v) is 19.0. The highest BCUT2D eigenvalue weighted by atomic mass is 16.2. The Hall–Kier alpha value is -4.41. The van der Waals surface area contributed by atoms with Crippen molar-refractivity contribution in [1.29, 1.82) is 0 Å². The lowest BCUT2D eigenvalue weighted by Crippen LogP contribution is -2.26. The van der Waals surface area contributed by atoms with E-state index < -0.39 is 0 Å². The van der Waals surface area contributed by atoms with Gasteiger partial charge in [-0.3, -0.25) is 14.1 Å². The number of pyridine rings is 1. The minimum Gasteiger partial charge on any atom is -0.299 e. The Labute approximate surface area is 195 Å². The van der Waals surface area contributed by atoms with E-state index in [4.69, 9.17) is 0 Å². The van der Waals surface area contributed by atoms with Crippen LogP contribution in [0.25, 0.3) is 28.5 Å². The minimum absolute atomic E-state index is 0.153. The molecule has 11 nitrogen and oxygen atoms in total. The van der Waals surface area contributed by atoms with Crippen molar-refractivity contribution in [1.82, 2.24) is 49.5 Å². The monoisotopic (exact) mass is 456 g/mol. The van der Waals surface area contributed by atoms with Gasteiger partial charge in [-0.2, -0.15) is 5.21 Å². The molecule has 0 aliphatic carbocycles. The summed E-state index contributed by atoms with van der Waals surface area (Å²) in [5.74, 6) is 1.04. The van der Waals surface area contributed by atoms with E-state index in [0.29, 0.717) is 24.9 Å². The van der Waals surface area contributed by atoms with Crippen LogP contribution in [0.15, 0.2) is 59.9 Å². The highest BCUT2D eigenvalue weighted by Gasteiger charge is 2.17. The maximum Gasteiger partial charge on any atom is 0.335 e. The SMILES string of the molecule is CCCc1cn(-c2nncn2CC)c(=O)n1Cc1ccc(-c2ccccc2-c2nn[nH]n2)cn1. The summed E-state index contributed by atoms with van der Waals surface area (Å²) in [4.78, 5) is 17.9. The van der Waals surface area contributed by atoms with Crippen LogP contribution in [0.5, 0.6) is 0 Å². The molecule has 0 saturated carbocycles. The Morgan fingerprint density at radius 3 is 2.59 bits per heavy atom. The Bertz CT molecular complexity index is 1440. The average Bonchev–Trinajstić information content (AvgIpc) is 3.62. The van der Waals surface area contributed by atoms with Crippen molar-refractivity contribution >= 4 is 0 Å². The van der Waals surface area contributed by atoms with E-state index in [1.807, 2.05) is 60.3 Å². The van der Waals surface area contributed by atoms with Gasteiger partial charge in [-0.05, 0) is 30.2 Å². The van der Waals surface area contributed by atoms with Gasteiger partial charge in [-0.15, -0.1) is 20.4 Å². The van der Waals surface area contributed by atoms with Crippen LogP contribution in [0.1, 0.15) is 31.7 Å². The van der Waals surface area contributed by atoms with Gasteiger partial charge >= 0.3 is 5.69 Å². The number of imidazole rings is 1. The van der Waals surface area contributed by atoms with Crippen LogP contribution < -0.4 is 5.69 Å². The molecule has 11 heteroatoms. The van der Waals surface area contributed by atoms with E-state index in [0.717, 1.165) is 40.9 Å². The first-order valence-corrected chi connectivity index (χ1v) is 11.2. The van der Waals surface area contributed by atoms with Crippen LogP contribution in [0.3, 0.4) is 0 Å². The normalized spacial score (nSPS) is 11.2. The maximum atomic E-state index is 13.3. The van der Waals surface area contributed by atoms with Gasteiger partial charge in [0.05, 0.1) is 12.2 Å². The van der Waals surface area contributed by atoms with Crippen LogP contribution in [-0.4, -0.2) is 49.5 Å². The molecule has 0 aliphatic rings.